The first-order valence-corrected chi connectivity index (χ1v) is 9.29. The molecule has 0 amide bonds. The smallest absolute Gasteiger partial charge is 0.176 e. The molecule has 2 aliphatic rings. The van der Waals surface area contributed by atoms with Crippen molar-refractivity contribution in [3.8, 4) is 28.4 Å². The van der Waals surface area contributed by atoms with Gasteiger partial charge < -0.3 is 15.2 Å². The molecule has 0 unspecified atom stereocenters. The summed E-state index contributed by atoms with van der Waals surface area (Å²) in [6.07, 6.45) is 5.64. The zero-order chi connectivity index (χ0) is 18.2. The molecule has 4 heteroatoms. The highest BCUT2D eigenvalue weighted by molar-refractivity contribution is 5.92. The van der Waals surface area contributed by atoms with Crippen LogP contribution in [0.25, 0.3) is 16.7 Å². The minimum Gasteiger partial charge on any atom is -0.504 e. The van der Waals surface area contributed by atoms with E-state index in [4.69, 9.17) is 4.74 Å². The molecule has 1 fully saturated rings. The number of aromatic nitrogens is 1. The van der Waals surface area contributed by atoms with Crippen molar-refractivity contribution >= 4 is 5.57 Å². The van der Waals surface area contributed by atoms with Crippen molar-refractivity contribution in [2.45, 2.75) is 12.8 Å². The monoisotopic (exact) mass is 356 g/mol. The van der Waals surface area contributed by atoms with Crippen molar-refractivity contribution in [2.75, 3.05) is 13.1 Å². The van der Waals surface area contributed by atoms with Crippen molar-refractivity contribution in [1.82, 2.24) is 10.3 Å². The molecule has 0 atom stereocenters. The molecule has 2 N–H and O–H groups in total. The molecule has 2 aromatic carbocycles. The number of rotatable bonds is 1. The molecule has 0 spiro atoms. The number of aromatic hydroxyl groups is 1. The van der Waals surface area contributed by atoms with Crippen LogP contribution < -0.4 is 10.1 Å². The van der Waals surface area contributed by atoms with E-state index in [9.17, 15) is 5.11 Å². The molecule has 134 valence electrons. The maximum Gasteiger partial charge on any atom is 0.176 e. The summed E-state index contributed by atoms with van der Waals surface area (Å²) < 4.78 is 6.17. The largest absolute Gasteiger partial charge is 0.504 e. The first-order valence-electron chi connectivity index (χ1n) is 9.29. The summed E-state index contributed by atoms with van der Waals surface area (Å²) in [5.74, 6) is 1.51. The van der Waals surface area contributed by atoms with E-state index in [0.717, 1.165) is 53.9 Å². The van der Waals surface area contributed by atoms with E-state index in [0.29, 0.717) is 5.75 Å². The fraction of sp³-hybridized carbons (Fsp3) is 0.174. The van der Waals surface area contributed by atoms with Gasteiger partial charge in [0.2, 0.25) is 0 Å². The number of para-hydroxylation sites is 1. The van der Waals surface area contributed by atoms with Crippen molar-refractivity contribution in [3.63, 3.8) is 0 Å². The minimum absolute atomic E-state index is 0.178. The summed E-state index contributed by atoms with van der Waals surface area (Å²) in [5, 5.41) is 13.8. The Labute approximate surface area is 158 Å². The molecule has 1 aromatic heterocycles. The Hall–Kier alpha value is -3.11. The van der Waals surface area contributed by atoms with Gasteiger partial charge in [0.15, 0.2) is 11.5 Å². The standard InChI is InChI=1S/C23H20N2O2/c26-20-5-1-4-19-22(15-8-11-24-12-9-15)18-7-6-16(13-21(18)27-23(19)20)17-3-2-10-25-14-17/h1-7,10,13-14,24,26H,8-9,11-12H2. The number of phenolic OH excluding ortho intramolecular Hbond substituents is 1. The average molecular weight is 356 g/mol. The molecule has 1 saturated heterocycles. The lowest BCUT2D eigenvalue weighted by molar-refractivity contribution is 0.406. The van der Waals surface area contributed by atoms with E-state index in [-0.39, 0.29) is 5.75 Å². The van der Waals surface area contributed by atoms with Gasteiger partial charge in [-0.1, -0.05) is 29.8 Å². The number of ether oxygens (including phenoxy) is 1. The predicted octanol–water partition coefficient (Wildman–Crippen LogP) is 4.75. The predicted molar refractivity (Wildman–Crippen MR) is 106 cm³/mol. The van der Waals surface area contributed by atoms with Crippen LogP contribution in [0.4, 0.5) is 0 Å². The van der Waals surface area contributed by atoms with Crippen molar-refractivity contribution in [1.29, 1.82) is 0 Å². The van der Waals surface area contributed by atoms with Crippen LogP contribution in [-0.4, -0.2) is 23.2 Å². The third-order valence-electron chi connectivity index (χ3n) is 5.28. The molecule has 3 heterocycles. The van der Waals surface area contributed by atoms with Crippen molar-refractivity contribution < 1.29 is 9.84 Å². The molecular formula is C23H20N2O2. The topological polar surface area (TPSA) is 54.4 Å². The van der Waals surface area contributed by atoms with E-state index in [1.165, 1.54) is 11.1 Å². The van der Waals surface area contributed by atoms with Gasteiger partial charge in [-0.25, -0.2) is 0 Å². The normalized spacial score (nSPS) is 15.7. The van der Waals surface area contributed by atoms with Crippen LogP contribution in [0, 0.1) is 0 Å². The Morgan fingerprint density at radius 2 is 1.81 bits per heavy atom. The second-order valence-electron chi connectivity index (χ2n) is 6.94. The third-order valence-corrected chi connectivity index (χ3v) is 5.28. The highest BCUT2D eigenvalue weighted by Gasteiger charge is 2.27. The molecule has 27 heavy (non-hydrogen) atoms. The van der Waals surface area contributed by atoms with E-state index in [2.05, 4.69) is 22.4 Å². The molecule has 0 aliphatic carbocycles. The van der Waals surface area contributed by atoms with Gasteiger partial charge in [0, 0.05) is 29.1 Å². The zero-order valence-corrected chi connectivity index (χ0v) is 14.9. The van der Waals surface area contributed by atoms with E-state index in [1.807, 2.05) is 36.5 Å². The summed E-state index contributed by atoms with van der Waals surface area (Å²) in [5.41, 5.74) is 6.80. The Bertz CT molecular complexity index is 1030. The summed E-state index contributed by atoms with van der Waals surface area (Å²) in [6, 6.07) is 15.9. The summed E-state index contributed by atoms with van der Waals surface area (Å²) in [6.45, 7) is 1.97. The molecule has 0 radical (unpaired) electrons. The lowest BCUT2D eigenvalue weighted by Gasteiger charge is -2.28. The van der Waals surface area contributed by atoms with E-state index in [1.54, 1.807) is 12.3 Å². The highest BCUT2D eigenvalue weighted by Crippen LogP contribution is 2.50. The summed E-state index contributed by atoms with van der Waals surface area (Å²) >= 11 is 0. The second-order valence-corrected chi connectivity index (χ2v) is 6.94. The number of fused-ring (bicyclic) bond motifs is 2. The number of piperidine rings is 1. The van der Waals surface area contributed by atoms with Crippen LogP contribution in [0.15, 0.2) is 66.5 Å². The molecule has 4 nitrogen and oxygen atoms in total. The van der Waals surface area contributed by atoms with E-state index < -0.39 is 0 Å². The maximum absolute atomic E-state index is 10.4. The number of hydrogen-bond donors (Lipinski definition) is 2. The Morgan fingerprint density at radius 1 is 0.926 bits per heavy atom. The molecular weight excluding hydrogens is 336 g/mol. The van der Waals surface area contributed by atoms with E-state index >= 15 is 0 Å². The van der Waals surface area contributed by atoms with Crippen molar-refractivity contribution in [2.24, 2.45) is 0 Å². The lowest BCUT2D eigenvalue weighted by Crippen LogP contribution is -2.24. The van der Waals surface area contributed by atoms with Gasteiger partial charge >= 0.3 is 0 Å². The maximum atomic E-state index is 10.4. The SMILES string of the molecule is Oc1cccc2c1Oc1cc(-c3cccnc3)ccc1C2=C1CCNCC1. The molecule has 0 saturated carbocycles. The Balaban J connectivity index is 1.71. The third kappa shape index (κ3) is 2.78. The van der Waals surface area contributed by atoms with Crippen LogP contribution in [0.2, 0.25) is 0 Å². The number of nitrogens with zero attached hydrogens (tertiary/aromatic N) is 1. The number of nitrogens with one attached hydrogen (secondary N) is 1. The van der Waals surface area contributed by atoms with Gasteiger partial charge in [-0.2, -0.15) is 0 Å². The number of hydrogen-bond acceptors (Lipinski definition) is 4. The average Bonchev–Trinajstić information content (AvgIpc) is 2.73. The number of benzene rings is 2. The molecule has 2 aliphatic heterocycles. The zero-order valence-electron chi connectivity index (χ0n) is 14.9. The number of pyridine rings is 1. The van der Waals surface area contributed by atoms with Crippen LogP contribution in [-0.2, 0) is 0 Å². The molecule has 3 aromatic rings. The summed E-state index contributed by atoms with van der Waals surface area (Å²) in [4.78, 5) is 4.21. The van der Waals surface area contributed by atoms with Crippen LogP contribution >= 0.6 is 0 Å². The van der Waals surface area contributed by atoms with Crippen molar-refractivity contribution in [3.05, 3.63) is 77.6 Å². The molecule has 0 bridgehead atoms. The highest BCUT2D eigenvalue weighted by atomic mass is 16.5. The van der Waals surface area contributed by atoms with Gasteiger partial charge in [-0.3, -0.25) is 4.98 Å². The first-order chi connectivity index (χ1) is 13.3. The lowest BCUT2D eigenvalue weighted by atomic mass is 9.85. The van der Waals surface area contributed by atoms with Gasteiger partial charge in [0.25, 0.3) is 0 Å². The van der Waals surface area contributed by atoms with Gasteiger partial charge in [-0.05, 0) is 61.3 Å². The number of phenols is 1. The van der Waals surface area contributed by atoms with Gasteiger partial charge in [0.05, 0.1) is 0 Å². The second kappa shape index (κ2) is 6.56. The van der Waals surface area contributed by atoms with Crippen LogP contribution in [0.3, 0.4) is 0 Å². The van der Waals surface area contributed by atoms with Gasteiger partial charge in [0.1, 0.15) is 5.75 Å². The summed E-state index contributed by atoms with van der Waals surface area (Å²) in [7, 11) is 0. The molecule has 5 rings (SSSR count). The first kappa shape index (κ1) is 16.1. The van der Waals surface area contributed by atoms with Gasteiger partial charge in [-0.15, -0.1) is 0 Å². The van der Waals surface area contributed by atoms with Crippen LogP contribution in [0.1, 0.15) is 24.0 Å². The Kier molecular flexibility index (Phi) is 3.91. The Morgan fingerprint density at radius 3 is 2.63 bits per heavy atom. The fourth-order valence-corrected chi connectivity index (χ4v) is 3.97. The fourth-order valence-electron chi connectivity index (χ4n) is 3.97. The minimum atomic E-state index is 0.178. The van der Waals surface area contributed by atoms with Crippen LogP contribution in [0.5, 0.6) is 17.2 Å². The quantitative estimate of drug-likeness (QED) is 0.517.